The lowest BCUT2D eigenvalue weighted by Crippen LogP contribution is -2.21. The largest absolute Gasteiger partial charge is 0.463 e. The Morgan fingerprint density at radius 1 is 1.18 bits per heavy atom. The van der Waals surface area contributed by atoms with Crippen LogP contribution in [0.5, 0.6) is 0 Å². The summed E-state index contributed by atoms with van der Waals surface area (Å²) in [5, 5.41) is 17.4. The number of carbonyl (C=O) groups excluding carboxylic acids is 1. The van der Waals surface area contributed by atoms with Crippen LogP contribution in [-0.2, 0) is 9.53 Å². The molecule has 1 atom stereocenters. The first-order valence-electron chi connectivity index (χ1n) is 6.65. The van der Waals surface area contributed by atoms with Crippen LogP contribution >= 0.6 is 0 Å². The van der Waals surface area contributed by atoms with Crippen molar-refractivity contribution in [2.45, 2.75) is 65.4 Å². The lowest BCUT2D eigenvalue weighted by atomic mass is 10.1. The standard InChI is InChI=1S/C11H22O4.C2H6/c1-2-3-4-5-6-7-11(14)15-9-10(13)8-12;1-2/h10,12-13H,2-9H2,1H3;1-2H3/t10-;/m1./s1. The van der Waals surface area contributed by atoms with E-state index in [0.29, 0.717) is 6.42 Å². The Balaban J connectivity index is 0. The summed E-state index contributed by atoms with van der Waals surface area (Å²) in [4.78, 5) is 11.1. The van der Waals surface area contributed by atoms with E-state index in [1.54, 1.807) is 0 Å². The third-order valence-corrected chi connectivity index (χ3v) is 2.13. The summed E-state index contributed by atoms with van der Waals surface area (Å²) in [6.45, 7) is 5.67. The van der Waals surface area contributed by atoms with Gasteiger partial charge < -0.3 is 14.9 Å². The van der Waals surface area contributed by atoms with Crippen molar-refractivity contribution < 1.29 is 19.7 Å². The van der Waals surface area contributed by atoms with E-state index >= 15 is 0 Å². The van der Waals surface area contributed by atoms with Crippen LogP contribution in [0.2, 0.25) is 0 Å². The predicted octanol–water partition coefficient (Wildman–Crippen LogP) is 2.27. The molecule has 0 rings (SSSR count). The zero-order valence-corrected chi connectivity index (χ0v) is 11.4. The summed E-state index contributed by atoms with van der Waals surface area (Å²) < 4.78 is 4.75. The molecule has 0 radical (unpaired) electrons. The predicted molar refractivity (Wildman–Crippen MR) is 68.8 cm³/mol. The smallest absolute Gasteiger partial charge is 0.305 e. The van der Waals surface area contributed by atoms with Gasteiger partial charge in [0.1, 0.15) is 12.7 Å². The zero-order valence-electron chi connectivity index (χ0n) is 11.4. The lowest BCUT2D eigenvalue weighted by molar-refractivity contribution is -0.147. The molecule has 0 spiro atoms. The fourth-order valence-electron chi connectivity index (χ4n) is 1.19. The van der Waals surface area contributed by atoms with Gasteiger partial charge in [-0.1, -0.05) is 46.5 Å². The summed E-state index contributed by atoms with van der Waals surface area (Å²) >= 11 is 0. The number of ether oxygens (including phenoxy) is 1. The van der Waals surface area contributed by atoms with Crippen molar-refractivity contribution in [1.29, 1.82) is 0 Å². The fourth-order valence-corrected chi connectivity index (χ4v) is 1.19. The van der Waals surface area contributed by atoms with Crippen LogP contribution in [0.1, 0.15) is 59.3 Å². The highest BCUT2D eigenvalue weighted by atomic mass is 16.5. The molecule has 0 fully saturated rings. The second-order valence-electron chi connectivity index (χ2n) is 3.68. The number of aliphatic hydroxyl groups is 2. The summed E-state index contributed by atoms with van der Waals surface area (Å²) in [7, 11) is 0. The van der Waals surface area contributed by atoms with E-state index in [9.17, 15) is 4.79 Å². The van der Waals surface area contributed by atoms with Gasteiger partial charge in [-0.2, -0.15) is 0 Å². The molecule has 104 valence electrons. The van der Waals surface area contributed by atoms with E-state index in [1.165, 1.54) is 12.8 Å². The summed E-state index contributed by atoms with van der Waals surface area (Å²) in [6, 6.07) is 0. The maximum atomic E-state index is 11.1. The molecule has 0 aliphatic rings. The molecule has 0 amide bonds. The minimum atomic E-state index is -0.950. The molecular formula is C13H28O4. The lowest BCUT2D eigenvalue weighted by Gasteiger charge is -2.08. The van der Waals surface area contributed by atoms with E-state index in [-0.39, 0.29) is 19.2 Å². The Hall–Kier alpha value is -0.610. The summed E-state index contributed by atoms with van der Waals surface area (Å²) in [5.41, 5.74) is 0. The molecular weight excluding hydrogens is 220 g/mol. The first-order valence-corrected chi connectivity index (χ1v) is 6.65. The van der Waals surface area contributed by atoms with Crippen LogP contribution in [0.3, 0.4) is 0 Å². The monoisotopic (exact) mass is 248 g/mol. The average molecular weight is 248 g/mol. The number of unbranched alkanes of at least 4 members (excludes halogenated alkanes) is 4. The first-order chi connectivity index (χ1) is 8.20. The molecule has 4 heteroatoms. The van der Waals surface area contributed by atoms with E-state index in [2.05, 4.69) is 6.92 Å². The first kappa shape index (κ1) is 18.7. The molecule has 0 saturated carbocycles. The molecule has 0 aromatic carbocycles. The van der Waals surface area contributed by atoms with Gasteiger partial charge in [0.2, 0.25) is 0 Å². The number of carbonyl (C=O) groups is 1. The Morgan fingerprint density at radius 3 is 2.29 bits per heavy atom. The number of rotatable bonds is 9. The van der Waals surface area contributed by atoms with Crippen molar-refractivity contribution in [2.24, 2.45) is 0 Å². The normalized spacial score (nSPS) is 11.4. The van der Waals surface area contributed by atoms with Crippen molar-refractivity contribution in [3.8, 4) is 0 Å². The molecule has 0 bridgehead atoms. The van der Waals surface area contributed by atoms with E-state index in [0.717, 1.165) is 19.3 Å². The van der Waals surface area contributed by atoms with Crippen molar-refractivity contribution in [2.75, 3.05) is 13.2 Å². The molecule has 0 unspecified atom stereocenters. The van der Waals surface area contributed by atoms with Gasteiger partial charge in [0.25, 0.3) is 0 Å². The van der Waals surface area contributed by atoms with Crippen molar-refractivity contribution in [3.63, 3.8) is 0 Å². The highest BCUT2D eigenvalue weighted by molar-refractivity contribution is 5.69. The highest BCUT2D eigenvalue weighted by Gasteiger charge is 2.06. The minimum absolute atomic E-state index is 0.107. The van der Waals surface area contributed by atoms with Crippen molar-refractivity contribution in [3.05, 3.63) is 0 Å². The van der Waals surface area contributed by atoms with E-state index < -0.39 is 6.10 Å². The number of hydrogen-bond donors (Lipinski definition) is 2. The second-order valence-corrected chi connectivity index (χ2v) is 3.68. The fraction of sp³-hybridized carbons (Fsp3) is 0.923. The van der Waals surface area contributed by atoms with Gasteiger partial charge in [0, 0.05) is 6.42 Å². The van der Waals surface area contributed by atoms with Crippen LogP contribution < -0.4 is 0 Å². The minimum Gasteiger partial charge on any atom is -0.463 e. The zero-order chi connectivity index (χ0) is 13.5. The van der Waals surface area contributed by atoms with Crippen LogP contribution in [0, 0.1) is 0 Å². The molecule has 17 heavy (non-hydrogen) atoms. The third-order valence-electron chi connectivity index (χ3n) is 2.13. The van der Waals surface area contributed by atoms with Gasteiger partial charge in [-0.25, -0.2) is 0 Å². The molecule has 0 aromatic rings. The van der Waals surface area contributed by atoms with Gasteiger partial charge in [0.05, 0.1) is 6.61 Å². The molecule has 0 aromatic heterocycles. The SMILES string of the molecule is CC.CCCCCCCC(=O)OC[C@H](O)CO. The van der Waals surface area contributed by atoms with E-state index in [4.69, 9.17) is 14.9 Å². The summed E-state index contributed by atoms with van der Waals surface area (Å²) in [6.07, 6.45) is 4.89. The van der Waals surface area contributed by atoms with Gasteiger partial charge >= 0.3 is 5.97 Å². The van der Waals surface area contributed by atoms with Crippen LogP contribution in [0.4, 0.5) is 0 Å². The Bertz CT molecular complexity index is 159. The Kier molecular flexibility index (Phi) is 17.0. The molecule has 0 heterocycles. The number of esters is 1. The maximum Gasteiger partial charge on any atom is 0.305 e. The van der Waals surface area contributed by atoms with Crippen LogP contribution in [0.15, 0.2) is 0 Å². The maximum absolute atomic E-state index is 11.1. The van der Waals surface area contributed by atoms with Crippen molar-refractivity contribution in [1.82, 2.24) is 0 Å². The van der Waals surface area contributed by atoms with Gasteiger partial charge in [-0.15, -0.1) is 0 Å². The number of hydrogen-bond acceptors (Lipinski definition) is 4. The third kappa shape index (κ3) is 15.4. The molecule has 4 nitrogen and oxygen atoms in total. The van der Waals surface area contributed by atoms with Gasteiger partial charge in [-0.05, 0) is 6.42 Å². The van der Waals surface area contributed by atoms with Gasteiger partial charge in [-0.3, -0.25) is 4.79 Å². The average Bonchev–Trinajstić information content (AvgIpc) is 2.38. The highest BCUT2D eigenvalue weighted by Crippen LogP contribution is 2.05. The topological polar surface area (TPSA) is 66.8 Å². The number of aliphatic hydroxyl groups excluding tert-OH is 2. The Morgan fingerprint density at radius 2 is 1.76 bits per heavy atom. The molecule has 0 aliphatic heterocycles. The van der Waals surface area contributed by atoms with Gasteiger partial charge in [0.15, 0.2) is 0 Å². The molecule has 0 saturated heterocycles. The van der Waals surface area contributed by atoms with Crippen LogP contribution in [0.25, 0.3) is 0 Å². The quantitative estimate of drug-likeness (QED) is 0.485. The van der Waals surface area contributed by atoms with Crippen LogP contribution in [-0.4, -0.2) is 35.5 Å². The Labute approximate surface area is 105 Å². The molecule has 0 aliphatic carbocycles. The second kappa shape index (κ2) is 15.4. The summed E-state index contributed by atoms with van der Waals surface area (Å²) in [5.74, 6) is -0.293. The van der Waals surface area contributed by atoms with Crippen molar-refractivity contribution >= 4 is 5.97 Å². The molecule has 2 N–H and O–H groups in total. The van der Waals surface area contributed by atoms with E-state index in [1.807, 2.05) is 13.8 Å².